The molecule has 0 saturated carbocycles. The number of hydrogen-bond acceptors (Lipinski definition) is 8. The van der Waals surface area contributed by atoms with E-state index >= 15 is 0 Å². The fourth-order valence-electron chi connectivity index (χ4n) is 2.46. The molecule has 2 aromatic carbocycles. The molecule has 0 spiro atoms. The van der Waals surface area contributed by atoms with Crippen molar-refractivity contribution in [3.8, 4) is 17.2 Å². The molecule has 0 fully saturated rings. The third-order valence-corrected chi connectivity index (χ3v) is 4.05. The Morgan fingerprint density at radius 2 is 1.89 bits per heavy atom. The zero-order chi connectivity index (χ0) is 20.3. The summed E-state index contributed by atoms with van der Waals surface area (Å²) >= 11 is 0. The number of nitrogens with zero attached hydrogens (tertiary/aromatic N) is 3. The molecule has 3 aromatic rings. The number of ether oxygens (including phenoxy) is 2. The second-order valence-corrected chi connectivity index (χ2v) is 5.98. The molecule has 9 heteroatoms. The van der Waals surface area contributed by atoms with Gasteiger partial charge in [-0.05, 0) is 44.2 Å². The summed E-state index contributed by atoms with van der Waals surface area (Å²) in [7, 11) is 1.57. The van der Waals surface area contributed by atoms with E-state index < -0.39 is 17.0 Å². The average molecular weight is 383 g/mol. The number of hydrogen-bond donors (Lipinski definition) is 0. The van der Waals surface area contributed by atoms with Gasteiger partial charge >= 0.3 is 5.97 Å². The molecule has 0 amide bonds. The molecule has 28 heavy (non-hydrogen) atoms. The number of benzene rings is 2. The average Bonchev–Trinajstić information content (AvgIpc) is 3.18. The third kappa shape index (κ3) is 3.98. The van der Waals surface area contributed by atoms with Crippen LogP contribution < -0.4 is 4.74 Å². The first-order valence-electron chi connectivity index (χ1n) is 8.33. The van der Waals surface area contributed by atoms with E-state index in [1.54, 1.807) is 45.2 Å². The number of aromatic nitrogens is 2. The largest absolute Gasteiger partial charge is 0.497 e. The highest BCUT2D eigenvalue weighted by atomic mass is 16.6. The minimum absolute atomic E-state index is 0.0686. The van der Waals surface area contributed by atoms with Gasteiger partial charge in [-0.15, -0.1) is 10.2 Å². The molecular weight excluding hydrogens is 366 g/mol. The Hall–Kier alpha value is -3.75. The highest BCUT2D eigenvalue weighted by Crippen LogP contribution is 2.26. The Balaban J connectivity index is 1.73. The van der Waals surface area contributed by atoms with Gasteiger partial charge in [0.15, 0.2) is 6.10 Å². The topological polar surface area (TPSA) is 118 Å². The SMILES string of the molecule is COc1ccc(-c2nnc(C(C)OC(=O)c3ccc(C)c([N+](=O)[O-])c3)o2)cc1. The van der Waals surface area contributed by atoms with Gasteiger partial charge in [0.25, 0.3) is 11.6 Å². The van der Waals surface area contributed by atoms with Gasteiger partial charge in [0.1, 0.15) is 5.75 Å². The normalized spacial score (nSPS) is 11.7. The zero-order valence-electron chi connectivity index (χ0n) is 15.4. The lowest BCUT2D eigenvalue weighted by molar-refractivity contribution is -0.385. The zero-order valence-corrected chi connectivity index (χ0v) is 15.4. The number of aryl methyl sites for hydroxylation is 1. The summed E-state index contributed by atoms with van der Waals surface area (Å²) in [6.07, 6.45) is -0.827. The summed E-state index contributed by atoms with van der Waals surface area (Å²) in [6.45, 7) is 3.17. The molecule has 1 unspecified atom stereocenters. The molecule has 1 heterocycles. The van der Waals surface area contributed by atoms with Crippen LogP contribution in [0.3, 0.4) is 0 Å². The van der Waals surface area contributed by atoms with E-state index in [-0.39, 0.29) is 23.0 Å². The summed E-state index contributed by atoms with van der Waals surface area (Å²) in [4.78, 5) is 22.8. The molecule has 144 valence electrons. The number of nitro groups is 1. The molecule has 1 atom stereocenters. The molecule has 0 aliphatic rings. The van der Waals surface area contributed by atoms with Crippen LogP contribution in [0.5, 0.6) is 5.75 Å². The first-order valence-corrected chi connectivity index (χ1v) is 8.33. The van der Waals surface area contributed by atoms with E-state index in [0.717, 1.165) is 0 Å². The van der Waals surface area contributed by atoms with E-state index in [0.29, 0.717) is 16.9 Å². The highest BCUT2D eigenvalue weighted by Gasteiger charge is 2.22. The molecule has 0 N–H and O–H groups in total. The van der Waals surface area contributed by atoms with Crippen LogP contribution in [-0.4, -0.2) is 28.2 Å². The Morgan fingerprint density at radius 3 is 2.54 bits per heavy atom. The lowest BCUT2D eigenvalue weighted by Gasteiger charge is -2.09. The Bertz CT molecular complexity index is 1010. The van der Waals surface area contributed by atoms with Crippen LogP contribution in [0.2, 0.25) is 0 Å². The van der Waals surface area contributed by atoms with Crippen molar-refractivity contribution in [1.82, 2.24) is 10.2 Å². The van der Waals surface area contributed by atoms with Crippen LogP contribution in [0.25, 0.3) is 11.5 Å². The van der Waals surface area contributed by atoms with E-state index in [1.807, 2.05) is 0 Å². The Morgan fingerprint density at radius 1 is 1.18 bits per heavy atom. The number of carbonyl (C=O) groups excluding carboxylic acids is 1. The number of rotatable bonds is 6. The summed E-state index contributed by atoms with van der Waals surface area (Å²) in [5.41, 5.74) is 1.06. The molecule has 0 radical (unpaired) electrons. The minimum atomic E-state index is -0.827. The van der Waals surface area contributed by atoms with Gasteiger partial charge in [-0.25, -0.2) is 4.79 Å². The summed E-state index contributed by atoms with van der Waals surface area (Å²) < 4.78 is 16.0. The van der Waals surface area contributed by atoms with Crippen molar-refractivity contribution in [2.24, 2.45) is 0 Å². The van der Waals surface area contributed by atoms with Crippen molar-refractivity contribution in [2.75, 3.05) is 7.11 Å². The first kappa shape index (κ1) is 19.0. The highest BCUT2D eigenvalue weighted by molar-refractivity contribution is 5.90. The maximum atomic E-state index is 12.3. The molecule has 0 aliphatic carbocycles. The van der Waals surface area contributed by atoms with Gasteiger partial charge in [0.2, 0.25) is 5.89 Å². The second-order valence-electron chi connectivity index (χ2n) is 5.98. The lowest BCUT2D eigenvalue weighted by Crippen LogP contribution is -2.10. The van der Waals surface area contributed by atoms with Gasteiger partial charge in [-0.2, -0.15) is 0 Å². The fourth-order valence-corrected chi connectivity index (χ4v) is 2.46. The second kappa shape index (κ2) is 7.87. The predicted octanol–water partition coefficient (Wildman–Crippen LogP) is 3.88. The maximum absolute atomic E-state index is 12.3. The van der Waals surface area contributed by atoms with Gasteiger partial charge < -0.3 is 13.9 Å². The molecule has 3 rings (SSSR count). The minimum Gasteiger partial charge on any atom is -0.497 e. The smallest absolute Gasteiger partial charge is 0.339 e. The molecular formula is C19H17N3O6. The summed E-state index contributed by atoms with van der Waals surface area (Å²) in [5.74, 6) is 0.352. The van der Waals surface area contributed by atoms with Crippen LogP contribution in [0.1, 0.15) is 34.8 Å². The van der Waals surface area contributed by atoms with Crippen LogP contribution in [0, 0.1) is 17.0 Å². The summed E-state index contributed by atoms with van der Waals surface area (Å²) in [5, 5.41) is 18.9. The van der Waals surface area contributed by atoms with Crippen LogP contribution in [0.15, 0.2) is 46.9 Å². The standard InChI is InChI=1S/C19H17N3O6/c1-11-4-5-14(10-16(11)22(24)25)19(23)27-12(2)17-20-21-18(28-17)13-6-8-15(26-3)9-7-13/h4-10,12H,1-3H3. The maximum Gasteiger partial charge on any atom is 0.339 e. The van der Waals surface area contributed by atoms with E-state index in [4.69, 9.17) is 13.9 Å². The molecule has 9 nitrogen and oxygen atoms in total. The van der Waals surface area contributed by atoms with Gasteiger partial charge in [-0.1, -0.05) is 6.07 Å². The van der Waals surface area contributed by atoms with Crippen LogP contribution >= 0.6 is 0 Å². The monoisotopic (exact) mass is 383 g/mol. The number of carbonyl (C=O) groups is 1. The van der Waals surface area contributed by atoms with Crippen molar-refractivity contribution in [3.63, 3.8) is 0 Å². The Kier molecular flexibility index (Phi) is 5.35. The Labute approximate surface area is 160 Å². The van der Waals surface area contributed by atoms with Crippen LogP contribution in [-0.2, 0) is 4.74 Å². The lowest BCUT2D eigenvalue weighted by atomic mass is 10.1. The molecule has 0 bridgehead atoms. The van der Waals surface area contributed by atoms with Crippen molar-refractivity contribution in [1.29, 1.82) is 0 Å². The van der Waals surface area contributed by atoms with E-state index in [2.05, 4.69) is 10.2 Å². The van der Waals surface area contributed by atoms with Crippen LogP contribution in [0.4, 0.5) is 5.69 Å². The number of esters is 1. The van der Waals surface area contributed by atoms with Crippen molar-refractivity contribution in [3.05, 3.63) is 69.6 Å². The van der Waals surface area contributed by atoms with Gasteiger partial charge in [0.05, 0.1) is 17.6 Å². The molecule has 0 aliphatic heterocycles. The molecule has 0 saturated heterocycles. The van der Waals surface area contributed by atoms with E-state index in [9.17, 15) is 14.9 Å². The van der Waals surface area contributed by atoms with Crippen molar-refractivity contribution < 1.29 is 23.6 Å². The fraction of sp³-hybridized carbons (Fsp3) is 0.211. The van der Waals surface area contributed by atoms with E-state index in [1.165, 1.54) is 18.2 Å². The third-order valence-electron chi connectivity index (χ3n) is 4.05. The van der Waals surface area contributed by atoms with Crippen molar-refractivity contribution in [2.45, 2.75) is 20.0 Å². The van der Waals surface area contributed by atoms with Gasteiger partial charge in [-0.3, -0.25) is 10.1 Å². The quantitative estimate of drug-likeness (QED) is 0.357. The molecule has 1 aromatic heterocycles. The first-order chi connectivity index (χ1) is 13.4. The predicted molar refractivity (Wildman–Crippen MR) is 97.9 cm³/mol. The summed E-state index contributed by atoms with van der Waals surface area (Å²) in [6, 6.07) is 11.2. The number of methoxy groups -OCH3 is 1. The van der Waals surface area contributed by atoms with Gasteiger partial charge in [0, 0.05) is 17.2 Å². The van der Waals surface area contributed by atoms with Crippen molar-refractivity contribution >= 4 is 11.7 Å². The number of nitro benzene ring substituents is 1.